The molecule has 42 heavy (non-hydrogen) atoms. The molecule has 1 N–H and O–H groups in total. The Hall–Kier alpha value is -3.56. The van der Waals surface area contributed by atoms with Gasteiger partial charge in [0.05, 0.1) is 17.7 Å². The Bertz CT molecular complexity index is 1480. The third kappa shape index (κ3) is 7.63. The lowest BCUT2D eigenvalue weighted by Gasteiger charge is -2.33. The number of nitrogens with zero attached hydrogens (tertiary/aromatic N) is 2. The van der Waals surface area contributed by atoms with Crippen molar-refractivity contribution >= 4 is 39.1 Å². The van der Waals surface area contributed by atoms with Crippen molar-refractivity contribution in [2.75, 3.05) is 18.0 Å². The summed E-state index contributed by atoms with van der Waals surface area (Å²) < 4.78 is 34.7. The van der Waals surface area contributed by atoms with Crippen molar-refractivity contribution in [3.05, 3.63) is 88.9 Å². The van der Waals surface area contributed by atoms with Crippen molar-refractivity contribution < 1.29 is 22.7 Å². The van der Waals surface area contributed by atoms with Gasteiger partial charge in [0.25, 0.3) is 10.0 Å². The molecule has 1 aliphatic rings. The summed E-state index contributed by atoms with van der Waals surface area (Å²) in [5.41, 5.74) is 1.79. The molecule has 0 aliphatic heterocycles. The number of methoxy groups -OCH3 is 1. The monoisotopic (exact) mass is 611 g/mol. The Morgan fingerprint density at radius 3 is 2.31 bits per heavy atom. The second-order valence-corrected chi connectivity index (χ2v) is 13.0. The number of anilines is 1. The Morgan fingerprint density at radius 1 is 1.00 bits per heavy atom. The second kappa shape index (κ2) is 14.1. The van der Waals surface area contributed by atoms with Gasteiger partial charge in [-0.1, -0.05) is 67.3 Å². The SMILES string of the molecule is COc1ccc(C)cc1N(CC(=O)N(Cc1ccc(Cl)cc1)C(C)C(=O)NC1CCCCC1)S(=O)(=O)c1ccccc1. The van der Waals surface area contributed by atoms with Gasteiger partial charge in [0.1, 0.15) is 18.3 Å². The van der Waals surface area contributed by atoms with E-state index >= 15 is 0 Å². The van der Waals surface area contributed by atoms with Crippen LogP contribution in [0.4, 0.5) is 5.69 Å². The second-order valence-electron chi connectivity index (χ2n) is 10.7. The first-order valence-corrected chi connectivity index (χ1v) is 16.0. The highest BCUT2D eigenvalue weighted by molar-refractivity contribution is 7.92. The summed E-state index contributed by atoms with van der Waals surface area (Å²) >= 11 is 6.09. The van der Waals surface area contributed by atoms with E-state index in [4.69, 9.17) is 16.3 Å². The molecule has 1 atom stereocenters. The van der Waals surface area contributed by atoms with Crippen LogP contribution in [-0.4, -0.2) is 50.9 Å². The summed E-state index contributed by atoms with van der Waals surface area (Å²) in [7, 11) is -2.74. The molecule has 1 fully saturated rings. The average molecular weight is 612 g/mol. The van der Waals surface area contributed by atoms with E-state index in [0.29, 0.717) is 10.8 Å². The molecular weight excluding hydrogens is 574 g/mol. The van der Waals surface area contributed by atoms with Crippen LogP contribution >= 0.6 is 11.6 Å². The average Bonchev–Trinajstić information content (AvgIpc) is 3.00. The molecule has 3 aromatic carbocycles. The molecule has 3 aromatic rings. The molecule has 1 aliphatic carbocycles. The number of aryl methyl sites for hydroxylation is 1. The molecule has 2 amide bonds. The lowest BCUT2D eigenvalue weighted by molar-refractivity contribution is -0.139. The Kier molecular flexibility index (Phi) is 10.5. The van der Waals surface area contributed by atoms with E-state index in [2.05, 4.69) is 5.32 Å². The first-order valence-electron chi connectivity index (χ1n) is 14.2. The summed E-state index contributed by atoms with van der Waals surface area (Å²) in [5.74, 6) is -0.491. The third-order valence-corrected chi connectivity index (χ3v) is 9.62. The Labute approximate surface area is 253 Å². The number of amides is 2. The molecule has 0 bridgehead atoms. The van der Waals surface area contributed by atoms with Crippen molar-refractivity contribution in [2.24, 2.45) is 0 Å². The minimum Gasteiger partial charge on any atom is -0.495 e. The van der Waals surface area contributed by atoms with E-state index in [1.807, 2.05) is 13.0 Å². The first-order chi connectivity index (χ1) is 20.1. The van der Waals surface area contributed by atoms with Crippen LogP contribution in [0.3, 0.4) is 0 Å². The van der Waals surface area contributed by atoms with Gasteiger partial charge >= 0.3 is 0 Å². The number of nitrogens with one attached hydrogen (secondary N) is 1. The fourth-order valence-corrected chi connectivity index (χ4v) is 6.73. The molecule has 1 saturated carbocycles. The molecule has 10 heteroatoms. The van der Waals surface area contributed by atoms with Gasteiger partial charge in [-0.05, 0) is 74.2 Å². The maximum absolute atomic E-state index is 14.2. The summed E-state index contributed by atoms with van der Waals surface area (Å²) in [6.07, 6.45) is 5.06. The molecule has 4 rings (SSSR count). The van der Waals surface area contributed by atoms with Gasteiger partial charge < -0.3 is 15.0 Å². The lowest BCUT2D eigenvalue weighted by atomic mass is 9.95. The quantitative estimate of drug-likeness (QED) is 0.299. The standard InChI is InChI=1S/C32H38ClN3O5S/c1-23-14-19-30(41-3)29(20-23)36(42(39,40)28-12-8-5-9-13-28)22-31(37)35(21-25-15-17-26(33)18-16-25)24(2)32(38)34-27-10-6-4-7-11-27/h5,8-9,12-20,24,27H,4,6-7,10-11,21-22H2,1-3H3,(H,34,38). The summed E-state index contributed by atoms with van der Waals surface area (Å²) in [5, 5.41) is 3.66. The summed E-state index contributed by atoms with van der Waals surface area (Å²) in [4.78, 5) is 29.1. The molecule has 8 nitrogen and oxygen atoms in total. The van der Waals surface area contributed by atoms with Crippen LogP contribution in [0.25, 0.3) is 0 Å². The van der Waals surface area contributed by atoms with E-state index < -0.39 is 28.5 Å². The zero-order chi connectivity index (χ0) is 30.3. The molecule has 224 valence electrons. The van der Waals surface area contributed by atoms with Gasteiger partial charge in [0, 0.05) is 17.6 Å². The van der Waals surface area contributed by atoms with Gasteiger partial charge in [-0.3, -0.25) is 13.9 Å². The number of benzene rings is 3. The van der Waals surface area contributed by atoms with Gasteiger partial charge in [0.2, 0.25) is 11.8 Å². The van der Waals surface area contributed by atoms with Crippen molar-refractivity contribution in [3.63, 3.8) is 0 Å². The van der Waals surface area contributed by atoms with Crippen LogP contribution in [0, 0.1) is 6.92 Å². The Balaban J connectivity index is 1.71. The van der Waals surface area contributed by atoms with E-state index in [1.165, 1.54) is 24.1 Å². The van der Waals surface area contributed by atoms with Crippen molar-refractivity contribution in [3.8, 4) is 5.75 Å². The maximum atomic E-state index is 14.2. The molecule has 1 unspecified atom stereocenters. The number of halogens is 1. The van der Waals surface area contributed by atoms with E-state index in [9.17, 15) is 18.0 Å². The number of hydrogen-bond acceptors (Lipinski definition) is 5. The number of rotatable bonds is 11. The highest BCUT2D eigenvalue weighted by atomic mass is 35.5. The largest absolute Gasteiger partial charge is 0.495 e. The molecular formula is C32H38ClN3O5S. The van der Waals surface area contributed by atoms with E-state index in [0.717, 1.165) is 47.5 Å². The highest BCUT2D eigenvalue weighted by Crippen LogP contribution is 2.33. The number of hydrogen-bond donors (Lipinski definition) is 1. The number of sulfonamides is 1. The minimum absolute atomic E-state index is 0.0358. The predicted octanol–water partition coefficient (Wildman–Crippen LogP) is 5.72. The summed E-state index contributed by atoms with van der Waals surface area (Å²) in [6.45, 7) is 3.07. The van der Waals surface area contributed by atoms with Gasteiger partial charge in [-0.2, -0.15) is 0 Å². The van der Waals surface area contributed by atoms with Gasteiger partial charge in [0.15, 0.2) is 0 Å². The van der Waals surface area contributed by atoms with Crippen LogP contribution in [0.5, 0.6) is 5.75 Å². The van der Waals surface area contributed by atoms with Crippen LogP contribution in [0.2, 0.25) is 5.02 Å². The van der Waals surface area contributed by atoms with Crippen molar-refractivity contribution in [2.45, 2.75) is 69.5 Å². The molecule has 0 aromatic heterocycles. The normalized spacial score (nSPS) is 14.6. The minimum atomic E-state index is -4.19. The smallest absolute Gasteiger partial charge is 0.264 e. The number of carbonyl (C=O) groups is 2. The van der Waals surface area contributed by atoms with Crippen LogP contribution in [0.15, 0.2) is 77.7 Å². The van der Waals surface area contributed by atoms with Crippen LogP contribution < -0.4 is 14.4 Å². The van der Waals surface area contributed by atoms with E-state index in [-0.39, 0.29) is 29.1 Å². The predicted molar refractivity (Wildman–Crippen MR) is 165 cm³/mol. The fourth-order valence-electron chi connectivity index (χ4n) is 5.17. The van der Waals surface area contributed by atoms with Crippen LogP contribution in [-0.2, 0) is 26.2 Å². The zero-order valence-corrected chi connectivity index (χ0v) is 25.8. The number of ether oxygens (including phenoxy) is 1. The summed E-state index contributed by atoms with van der Waals surface area (Å²) in [6, 6.07) is 19.3. The number of carbonyl (C=O) groups excluding carboxylic acids is 2. The lowest BCUT2D eigenvalue weighted by Crippen LogP contribution is -2.53. The molecule has 0 heterocycles. The molecule has 0 radical (unpaired) electrons. The zero-order valence-electron chi connectivity index (χ0n) is 24.3. The van der Waals surface area contributed by atoms with Crippen molar-refractivity contribution in [1.29, 1.82) is 0 Å². The Morgan fingerprint density at radius 2 is 1.67 bits per heavy atom. The van der Waals surface area contributed by atoms with Gasteiger partial charge in [-0.25, -0.2) is 8.42 Å². The topological polar surface area (TPSA) is 96.0 Å². The fraction of sp³-hybridized carbons (Fsp3) is 0.375. The van der Waals surface area contributed by atoms with Gasteiger partial charge in [-0.15, -0.1) is 0 Å². The maximum Gasteiger partial charge on any atom is 0.264 e. The first kappa shape index (κ1) is 31.4. The van der Waals surface area contributed by atoms with Crippen molar-refractivity contribution in [1.82, 2.24) is 10.2 Å². The van der Waals surface area contributed by atoms with Crippen LogP contribution in [0.1, 0.15) is 50.2 Å². The molecule has 0 saturated heterocycles. The third-order valence-electron chi connectivity index (χ3n) is 7.60. The van der Waals surface area contributed by atoms with E-state index in [1.54, 1.807) is 61.5 Å². The highest BCUT2D eigenvalue weighted by Gasteiger charge is 2.34. The molecule has 0 spiro atoms.